The van der Waals surface area contributed by atoms with Gasteiger partial charge in [0.05, 0.1) is 24.1 Å². The second kappa shape index (κ2) is 9.06. The van der Waals surface area contributed by atoms with E-state index in [1.165, 1.54) is 0 Å². The Balaban J connectivity index is 2.07. The number of halogens is 1. The number of para-hydroxylation sites is 1. The molecule has 0 atom stereocenters. The maximum absolute atomic E-state index is 11.2. The minimum absolute atomic E-state index is 0.270. The Morgan fingerprint density at radius 3 is 2.79 bits per heavy atom. The van der Waals surface area contributed by atoms with Gasteiger partial charge in [0, 0.05) is 13.1 Å². The second-order valence-electron chi connectivity index (χ2n) is 3.72. The van der Waals surface area contributed by atoms with Gasteiger partial charge in [-0.3, -0.25) is 0 Å². The van der Waals surface area contributed by atoms with E-state index >= 15 is 0 Å². The van der Waals surface area contributed by atoms with Gasteiger partial charge in [0.1, 0.15) is 5.75 Å². The van der Waals surface area contributed by atoms with Crippen molar-refractivity contribution in [3.8, 4) is 11.8 Å². The molecule has 0 unspecified atom stereocenters. The summed E-state index contributed by atoms with van der Waals surface area (Å²) in [5.74, 6) is 0.641. The number of nitriles is 1. The van der Waals surface area contributed by atoms with Crippen molar-refractivity contribution in [2.45, 2.75) is 12.8 Å². The third-order valence-corrected chi connectivity index (χ3v) is 2.54. The van der Waals surface area contributed by atoms with Gasteiger partial charge < -0.3 is 15.4 Å². The number of hydrogen-bond acceptors (Lipinski definition) is 3. The van der Waals surface area contributed by atoms with Crippen molar-refractivity contribution < 1.29 is 9.53 Å². The standard InChI is InChI=1S/C13H16ClN3O2/c14-11-5-1-2-6-12(11)19-10-4-9-17-13(18)16-8-3-7-15/h1-2,5-6H,3-4,8-10H2,(H2,16,17,18). The van der Waals surface area contributed by atoms with Crippen molar-refractivity contribution in [3.63, 3.8) is 0 Å². The first-order chi connectivity index (χ1) is 9.24. The van der Waals surface area contributed by atoms with Crippen LogP contribution in [0.2, 0.25) is 5.02 Å². The molecule has 1 aromatic rings. The molecule has 0 radical (unpaired) electrons. The molecule has 0 aromatic heterocycles. The number of nitrogens with zero attached hydrogens (tertiary/aromatic N) is 1. The van der Waals surface area contributed by atoms with Crippen LogP contribution >= 0.6 is 11.6 Å². The summed E-state index contributed by atoms with van der Waals surface area (Å²) in [4.78, 5) is 11.2. The highest BCUT2D eigenvalue weighted by atomic mass is 35.5. The maximum Gasteiger partial charge on any atom is 0.314 e. The normalized spacial score (nSPS) is 9.47. The second-order valence-corrected chi connectivity index (χ2v) is 4.13. The van der Waals surface area contributed by atoms with E-state index in [1.54, 1.807) is 12.1 Å². The molecule has 0 spiro atoms. The third-order valence-electron chi connectivity index (χ3n) is 2.22. The molecule has 1 rings (SSSR count). The molecular formula is C13H16ClN3O2. The van der Waals surface area contributed by atoms with Gasteiger partial charge in [-0.1, -0.05) is 23.7 Å². The summed E-state index contributed by atoms with van der Waals surface area (Å²) in [6, 6.07) is 8.92. The Labute approximate surface area is 117 Å². The molecular weight excluding hydrogens is 266 g/mol. The monoisotopic (exact) mass is 281 g/mol. The highest BCUT2D eigenvalue weighted by molar-refractivity contribution is 6.32. The average Bonchev–Trinajstić information content (AvgIpc) is 2.41. The van der Waals surface area contributed by atoms with Crippen molar-refractivity contribution in [1.29, 1.82) is 5.26 Å². The van der Waals surface area contributed by atoms with Gasteiger partial charge in [0.2, 0.25) is 0 Å². The number of amides is 2. The van der Waals surface area contributed by atoms with Gasteiger partial charge in [-0.2, -0.15) is 5.26 Å². The van der Waals surface area contributed by atoms with Gasteiger partial charge >= 0.3 is 6.03 Å². The fraction of sp³-hybridized carbons (Fsp3) is 0.385. The van der Waals surface area contributed by atoms with Gasteiger partial charge in [-0.25, -0.2) is 4.79 Å². The van der Waals surface area contributed by atoms with Gasteiger partial charge in [-0.05, 0) is 18.6 Å². The van der Waals surface area contributed by atoms with Crippen LogP contribution in [-0.2, 0) is 0 Å². The third kappa shape index (κ3) is 6.53. The average molecular weight is 282 g/mol. The van der Waals surface area contributed by atoms with Crippen LogP contribution in [0.1, 0.15) is 12.8 Å². The van der Waals surface area contributed by atoms with E-state index in [-0.39, 0.29) is 6.03 Å². The minimum Gasteiger partial charge on any atom is -0.492 e. The molecule has 6 heteroatoms. The number of rotatable bonds is 7. The molecule has 0 aliphatic carbocycles. The topological polar surface area (TPSA) is 74.2 Å². The molecule has 0 saturated heterocycles. The molecule has 2 amide bonds. The first kappa shape index (κ1) is 15.1. The van der Waals surface area contributed by atoms with Crippen LogP contribution in [-0.4, -0.2) is 25.7 Å². The summed E-state index contributed by atoms with van der Waals surface area (Å²) in [6.07, 6.45) is 0.986. The minimum atomic E-state index is -0.270. The lowest BCUT2D eigenvalue weighted by molar-refractivity contribution is 0.239. The Morgan fingerprint density at radius 1 is 1.32 bits per heavy atom. The molecule has 5 nitrogen and oxygen atoms in total. The van der Waals surface area contributed by atoms with Gasteiger partial charge in [-0.15, -0.1) is 0 Å². The number of ether oxygens (including phenoxy) is 1. The van der Waals surface area contributed by atoms with Crippen LogP contribution in [0.4, 0.5) is 4.79 Å². The predicted octanol–water partition coefficient (Wildman–Crippen LogP) is 2.32. The van der Waals surface area contributed by atoms with E-state index in [0.717, 1.165) is 0 Å². The SMILES string of the molecule is N#CCCNC(=O)NCCCOc1ccccc1Cl. The number of benzene rings is 1. The van der Waals surface area contributed by atoms with E-state index in [4.69, 9.17) is 21.6 Å². The largest absolute Gasteiger partial charge is 0.492 e. The molecule has 1 aromatic carbocycles. The van der Waals surface area contributed by atoms with E-state index in [9.17, 15) is 4.79 Å². The van der Waals surface area contributed by atoms with Crippen molar-refractivity contribution in [2.75, 3.05) is 19.7 Å². The molecule has 2 N–H and O–H groups in total. The van der Waals surface area contributed by atoms with Crippen LogP contribution in [0.5, 0.6) is 5.75 Å². The highest BCUT2D eigenvalue weighted by Gasteiger charge is 2.00. The van der Waals surface area contributed by atoms with Gasteiger partial charge in [0.25, 0.3) is 0 Å². The quantitative estimate of drug-likeness (QED) is 0.753. The van der Waals surface area contributed by atoms with Crippen LogP contribution in [0.15, 0.2) is 24.3 Å². The summed E-state index contributed by atoms with van der Waals surface area (Å²) in [5, 5.41) is 14.1. The fourth-order valence-corrected chi connectivity index (χ4v) is 1.50. The fourth-order valence-electron chi connectivity index (χ4n) is 1.31. The molecule has 0 aliphatic rings. The molecule has 0 bridgehead atoms. The lowest BCUT2D eigenvalue weighted by atomic mass is 10.3. The maximum atomic E-state index is 11.2. The highest BCUT2D eigenvalue weighted by Crippen LogP contribution is 2.22. The van der Waals surface area contributed by atoms with Crippen molar-refractivity contribution >= 4 is 17.6 Å². The van der Waals surface area contributed by atoms with E-state index in [2.05, 4.69) is 10.6 Å². The lowest BCUT2D eigenvalue weighted by Crippen LogP contribution is -2.36. The summed E-state index contributed by atoms with van der Waals surface area (Å²) in [5.41, 5.74) is 0. The number of carbonyl (C=O) groups is 1. The first-order valence-electron chi connectivity index (χ1n) is 6.00. The number of carbonyl (C=O) groups excluding carboxylic acids is 1. The molecule has 0 heterocycles. The first-order valence-corrected chi connectivity index (χ1v) is 6.38. The number of hydrogen-bond donors (Lipinski definition) is 2. The van der Waals surface area contributed by atoms with Crippen molar-refractivity contribution in [1.82, 2.24) is 10.6 Å². The Morgan fingerprint density at radius 2 is 2.05 bits per heavy atom. The van der Waals surface area contributed by atoms with Crippen LogP contribution in [0, 0.1) is 11.3 Å². The summed E-state index contributed by atoms with van der Waals surface area (Å²) in [7, 11) is 0. The van der Waals surface area contributed by atoms with Crippen molar-refractivity contribution in [2.24, 2.45) is 0 Å². The Kier molecular flexibility index (Phi) is 7.21. The predicted molar refractivity (Wildman–Crippen MR) is 73.2 cm³/mol. The van der Waals surface area contributed by atoms with Gasteiger partial charge in [0.15, 0.2) is 0 Å². The zero-order valence-corrected chi connectivity index (χ0v) is 11.2. The zero-order chi connectivity index (χ0) is 13.9. The number of urea groups is 1. The Bertz CT molecular complexity index is 446. The smallest absolute Gasteiger partial charge is 0.314 e. The van der Waals surface area contributed by atoms with Crippen LogP contribution in [0.25, 0.3) is 0 Å². The summed E-state index contributed by atoms with van der Waals surface area (Å²) >= 11 is 5.93. The van der Waals surface area contributed by atoms with Crippen molar-refractivity contribution in [3.05, 3.63) is 29.3 Å². The van der Waals surface area contributed by atoms with E-state index < -0.39 is 0 Å². The summed E-state index contributed by atoms with van der Waals surface area (Å²) in [6.45, 7) is 1.34. The van der Waals surface area contributed by atoms with Crippen LogP contribution < -0.4 is 15.4 Å². The zero-order valence-electron chi connectivity index (χ0n) is 10.5. The molecule has 102 valence electrons. The molecule has 19 heavy (non-hydrogen) atoms. The van der Waals surface area contributed by atoms with Crippen LogP contribution in [0.3, 0.4) is 0 Å². The van der Waals surface area contributed by atoms with E-state index in [1.807, 2.05) is 18.2 Å². The summed E-state index contributed by atoms with van der Waals surface area (Å²) < 4.78 is 5.47. The lowest BCUT2D eigenvalue weighted by Gasteiger charge is -2.08. The molecule has 0 fully saturated rings. The number of nitrogens with one attached hydrogen (secondary N) is 2. The molecule has 0 saturated carbocycles. The van der Waals surface area contributed by atoms with E-state index in [0.29, 0.717) is 43.3 Å². The molecule has 0 aliphatic heterocycles. The Hall–Kier alpha value is -1.93.